The predicted molar refractivity (Wildman–Crippen MR) is 95.5 cm³/mol. The van der Waals surface area contributed by atoms with Crippen LogP contribution in [0.2, 0.25) is 0 Å². The SMILES string of the molecule is CC(=O)N(c1c(C)cc(C)cc1C)C1CCN(CCC(=O)O)CC1. The third-order valence-electron chi connectivity index (χ3n) is 4.78. The number of carboxylic acid groups (broad SMARTS) is 1. The van der Waals surface area contributed by atoms with Crippen molar-refractivity contribution in [2.45, 2.75) is 53.0 Å². The number of carbonyl (C=O) groups excluding carboxylic acids is 1. The number of likely N-dealkylation sites (tertiary alicyclic amines) is 1. The molecule has 24 heavy (non-hydrogen) atoms. The second kappa shape index (κ2) is 7.79. The van der Waals surface area contributed by atoms with E-state index in [0.717, 1.165) is 42.7 Å². The zero-order chi connectivity index (χ0) is 17.9. The Hall–Kier alpha value is -1.88. The standard InChI is InChI=1S/C19H28N2O3/c1-13-11-14(2)19(15(3)12-13)21(16(4)22)17-5-8-20(9-6-17)10-7-18(23)24/h11-12,17H,5-10H2,1-4H3,(H,23,24). The van der Waals surface area contributed by atoms with Crippen molar-refractivity contribution in [1.29, 1.82) is 0 Å². The van der Waals surface area contributed by atoms with Crippen LogP contribution >= 0.6 is 0 Å². The number of anilines is 1. The molecule has 0 unspecified atom stereocenters. The van der Waals surface area contributed by atoms with E-state index in [1.807, 2.05) is 4.90 Å². The van der Waals surface area contributed by atoms with Gasteiger partial charge in [-0.05, 0) is 44.7 Å². The maximum absolute atomic E-state index is 12.4. The summed E-state index contributed by atoms with van der Waals surface area (Å²) >= 11 is 0. The van der Waals surface area contributed by atoms with E-state index in [9.17, 15) is 9.59 Å². The number of piperidine rings is 1. The molecule has 1 N–H and O–H groups in total. The number of amides is 1. The normalized spacial score (nSPS) is 16.2. The summed E-state index contributed by atoms with van der Waals surface area (Å²) in [6, 6.07) is 4.43. The third-order valence-corrected chi connectivity index (χ3v) is 4.78. The van der Waals surface area contributed by atoms with Crippen LogP contribution < -0.4 is 4.90 Å². The highest BCUT2D eigenvalue weighted by molar-refractivity contribution is 5.94. The van der Waals surface area contributed by atoms with Crippen molar-refractivity contribution < 1.29 is 14.7 Å². The van der Waals surface area contributed by atoms with Gasteiger partial charge in [-0.1, -0.05) is 17.7 Å². The largest absolute Gasteiger partial charge is 0.481 e. The molecule has 0 aliphatic carbocycles. The third kappa shape index (κ3) is 4.35. The summed E-state index contributed by atoms with van der Waals surface area (Å²) in [4.78, 5) is 27.2. The summed E-state index contributed by atoms with van der Waals surface area (Å²) in [7, 11) is 0. The molecule has 0 aromatic heterocycles. The number of carbonyl (C=O) groups is 2. The highest BCUT2D eigenvalue weighted by Crippen LogP contribution is 2.31. The highest BCUT2D eigenvalue weighted by Gasteiger charge is 2.29. The molecule has 1 saturated heterocycles. The number of carboxylic acids is 1. The first kappa shape index (κ1) is 18.5. The van der Waals surface area contributed by atoms with Crippen molar-refractivity contribution in [3.63, 3.8) is 0 Å². The summed E-state index contributed by atoms with van der Waals surface area (Å²) < 4.78 is 0. The van der Waals surface area contributed by atoms with Crippen molar-refractivity contribution in [2.24, 2.45) is 0 Å². The van der Waals surface area contributed by atoms with Crippen LogP contribution in [-0.2, 0) is 9.59 Å². The second-order valence-corrected chi connectivity index (χ2v) is 6.85. The minimum Gasteiger partial charge on any atom is -0.481 e. The average Bonchev–Trinajstić information content (AvgIpc) is 2.49. The lowest BCUT2D eigenvalue weighted by atomic mass is 9.98. The number of aliphatic carboxylic acids is 1. The minimum atomic E-state index is -0.756. The van der Waals surface area contributed by atoms with Crippen LogP contribution in [0.25, 0.3) is 0 Å². The van der Waals surface area contributed by atoms with Crippen molar-refractivity contribution in [3.8, 4) is 0 Å². The fourth-order valence-corrected chi connectivity index (χ4v) is 3.80. The maximum Gasteiger partial charge on any atom is 0.304 e. The fraction of sp³-hybridized carbons (Fsp3) is 0.579. The van der Waals surface area contributed by atoms with E-state index < -0.39 is 5.97 Å². The molecule has 1 amide bonds. The molecular formula is C19H28N2O3. The summed E-state index contributed by atoms with van der Waals surface area (Å²) in [6.45, 7) is 10.1. The van der Waals surface area contributed by atoms with Gasteiger partial charge in [-0.15, -0.1) is 0 Å². The Morgan fingerprint density at radius 2 is 1.71 bits per heavy atom. The van der Waals surface area contributed by atoms with E-state index in [1.165, 1.54) is 5.56 Å². The van der Waals surface area contributed by atoms with Crippen LogP contribution in [-0.4, -0.2) is 47.6 Å². The lowest BCUT2D eigenvalue weighted by molar-refractivity contribution is -0.137. The first-order valence-electron chi connectivity index (χ1n) is 8.61. The molecular weight excluding hydrogens is 304 g/mol. The smallest absolute Gasteiger partial charge is 0.304 e. The molecule has 0 saturated carbocycles. The molecule has 2 rings (SSSR count). The number of hydrogen-bond acceptors (Lipinski definition) is 3. The fourth-order valence-electron chi connectivity index (χ4n) is 3.80. The molecule has 0 bridgehead atoms. The minimum absolute atomic E-state index is 0.0778. The van der Waals surface area contributed by atoms with Crippen LogP contribution in [0, 0.1) is 20.8 Å². The van der Waals surface area contributed by atoms with Crippen molar-refractivity contribution >= 4 is 17.6 Å². The van der Waals surface area contributed by atoms with E-state index in [-0.39, 0.29) is 18.4 Å². The van der Waals surface area contributed by atoms with Gasteiger partial charge in [0.2, 0.25) is 5.91 Å². The predicted octanol–water partition coefficient (Wildman–Crippen LogP) is 2.90. The van der Waals surface area contributed by atoms with E-state index >= 15 is 0 Å². The molecule has 1 aliphatic heterocycles. The van der Waals surface area contributed by atoms with E-state index in [0.29, 0.717) is 6.54 Å². The monoisotopic (exact) mass is 332 g/mol. The van der Waals surface area contributed by atoms with Crippen molar-refractivity contribution in [2.75, 3.05) is 24.5 Å². The molecule has 132 valence electrons. The molecule has 0 atom stereocenters. The van der Waals surface area contributed by atoms with Crippen LogP contribution in [0.5, 0.6) is 0 Å². The number of rotatable bonds is 5. The summed E-state index contributed by atoms with van der Waals surface area (Å²) in [5.41, 5.74) is 4.52. The first-order valence-corrected chi connectivity index (χ1v) is 8.61. The van der Waals surface area contributed by atoms with Crippen LogP contribution in [0.3, 0.4) is 0 Å². The van der Waals surface area contributed by atoms with Crippen molar-refractivity contribution in [3.05, 3.63) is 28.8 Å². The van der Waals surface area contributed by atoms with Gasteiger partial charge in [-0.25, -0.2) is 0 Å². The quantitative estimate of drug-likeness (QED) is 0.900. The topological polar surface area (TPSA) is 60.9 Å². The number of nitrogens with zero attached hydrogens (tertiary/aromatic N) is 2. The average molecular weight is 332 g/mol. The molecule has 1 aromatic carbocycles. The van der Waals surface area contributed by atoms with Gasteiger partial charge in [-0.2, -0.15) is 0 Å². The number of benzene rings is 1. The van der Waals surface area contributed by atoms with E-state index in [2.05, 4.69) is 37.8 Å². The van der Waals surface area contributed by atoms with Gasteiger partial charge in [0.25, 0.3) is 0 Å². The van der Waals surface area contributed by atoms with Crippen LogP contribution in [0.4, 0.5) is 5.69 Å². The molecule has 0 spiro atoms. The molecule has 1 heterocycles. The van der Waals surface area contributed by atoms with Gasteiger partial charge in [0.1, 0.15) is 0 Å². The van der Waals surface area contributed by atoms with Gasteiger partial charge in [-0.3, -0.25) is 9.59 Å². The molecule has 5 nitrogen and oxygen atoms in total. The number of hydrogen-bond donors (Lipinski definition) is 1. The zero-order valence-electron chi connectivity index (χ0n) is 15.1. The highest BCUT2D eigenvalue weighted by atomic mass is 16.4. The van der Waals surface area contributed by atoms with E-state index in [1.54, 1.807) is 6.92 Å². The second-order valence-electron chi connectivity index (χ2n) is 6.85. The summed E-state index contributed by atoms with van der Waals surface area (Å²) in [5, 5.41) is 8.81. The van der Waals surface area contributed by atoms with Gasteiger partial charge in [0.05, 0.1) is 6.42 Å². The lowest BCUT2D eigenvalue weighted by Gasteiger charge is -2.39. The van der Waals surface area contributed by atoms with Gasteiger partial charge in [0.15, 0.2) is 0 Å². The first-order chi connectivity index (χ1) is 11.3. The Morgan fingerprint density at radius 3 is 2.17 bits per heavy atom. The van der Waals surface area contributed by atoms with Gasteiger partial charge in [0, 0.05) is 38.3 Å². The Kier molecular flexibility index (Phi) is 5.99. The molecule has 1 aromatic rings. The summed E-state index contributed by atoms with van der Waals surface area (Å²) in [6.07, 6.45) is 1.94. The summed E-state index contributed by atoms with van der Waals surface area (Å²) in [5.74, 6) is -0.678. The zero-order valence-corrected chi connectivity index (χ0v) is 15.1. The molecule has 1 aliphatic rings. The Balaban J connectivity index is 2.13. The Bertz CT molecular complexity index is 596. The Morgan fingerprint density at radius 1 is 1.17 bits per heavy atom. The Labute approximate surface area is 144 Å². The lowest BCUT2D eigenvalue weighted by Crippen LogP contribution is -2.47. The van der Waals surface area contributed by atoms with Crippen LogP contribution in [0.1, 0.15) is 42.9 Å². The molecule has 0 radical (unpaired) electrons. The van der Waals surface area contributed by atoms with Gasteiger partial charge >= 0.3 is 5.97 Å². The number of aryl methyl sites for hydroxylation is 3. The molecule has 1 fully saturated rings. The van der Waals surface area contributed by atoms with Crippen LogP contribution in [0.15, 0.2) is 12.1 Å². The maximum atomic E-state index is 12.4. The van der Waals surface area contributed by atoms with Crippen molar-refractivity contribution in [1.82, 2.24) is 4.90 Å². The molecule has 5 heteroatoms. The van der Waals surface area contributed by atoms with Gasteiger partial charge < -0.3 is 14.9 Å². The van der Waals surface area contributed by atoms with E-state index in [4.69, 9.17) is 5.11 Å².